The Morgan fingerprint density at radius 2 is 1.89 bits per heavy atom. The Bertz CT molecular complexity index is 550. The molecule has 1 N–H and O–H groups in total. The van der Waals surface area contributed by atoms with Crippen LogP contribution in [-0.2, 0) is 0 Å². The molecule has 0 bridgehead atoms. The van der Waals surface area contributed by atoms with Crippen molar-refractivity contribution in [2.45, 2.75) is 20.0 Å². The van der Waals surface area contributed by atoms with Crippen molar-refractivity contribution in [2.75, 3.05) is 0 Å². The van der Waals surface area contributed by atoms with E-state index in [0.29, 0.717) is 5.75 Å². The zero-order valence-electron chi connectivity index (χ0n) is 10.4. The summed E-state index contributed by atoms with van der Waals surface area (Å²) < 4.78 is 6.88. The SMILES string of the molecule is Cc1cc(Oc2ccccc2C(C)O)ccc1Br. The lowest BCUT2D eigenvalue weighted by molar-refractivity contribution is 0.195. The number of halogens is 1. The maximum absolute atomic E-state index is 9.69. The highest BCUT2D eigenvalue weighted by Crippen LogP contribution is 2.31. The van der Waals surface area contributed by atoms with Crippen LogP contribution in [0.5, 0.6) is 11.5 Å². The number of aliphatic hydroxyl groups excluding tert-OH is 1. The Morgan fingerprint density at radius 1 is 1.17 bits per heavy atom. The second kappa shape index (κ2) is 5.55. The minimum atomic E-state index is -0.544. The van der Waals surface area contributed by atoms with Gasteiger partial charge in [-0.1, -0.05) is 34.1 Å². The van der Waals surface area contributed by atoms with Crippen molar-refractivity contribution >= 4 is 15.9 Å². The first-order valence-corrected chi connectivity index (χ1v) is 6.58. The maximum Gasteiger partial charge on any atom is 0.133 e. The first kappa shape index (κ1) is 13.1. The van der Waals surface area contributed by atoms with Gasteiger partial charge >= 0.3 is 0 Å². The fraction of sp³-hybridized carbons (Fsp3) is 0.200. The maximum atomic E-state index is 9.69. The van der Waals surface area contributed by atoms with Crippen LogP contribution in [0.25, 0.3) is 0 Å². The second-order valence-corrected chi connectivity index (χ2v) is 5.08. The van der Waals surface area contributed by atoms with Crippen molar-refractivity contribution in [3.05, 3.63) is 58.1 Å². The lowest BCUT2D eigenvalue weighted by Gasteiger charge is -2.13. The minimum absolute atomic E-state index is 0.544. The molecule has 0 heterocycles. The molecule has 0 aromatic heterocycles. The summed E-state index contributed by atoms with van der Waals surface area (Å²) in [7, 11) is 0. The third-order valence-electron chi connectivity index (χ3n) is 2.73. The molecule has 0 spiro atoms. The fourth-order valence-corrected chi connectivity index (χ4v) is 1.97. The van der Waals surface area contributed by atoms with E-state index in [0.717, 1.165) is 21.3 Å². The molecule has 0 fully saturated rings. The Kier molecular flexibility index (Phi) is 4.04. The summed E-state index contributed by atoms with van der Waals surface area (Å²) in [4.78, 5) is 0. The molecule has 2 rings (SSSR count). The van der Waals surface area contributed by atoms with Crippen LogP contribution in [0.15, 0.2) is 46.9 Å². The second-order valence-electron chi connectivity index (χ2n) is 4.23. The highest BCUT2D eigenvalue weighted by Gasteiger charge is 2.09. The van der Waals surface area contributed by atoms with Crippen LogP contribution in [0.1, 0.15) is 24.2 Å². The Labute approximate surface area is 115 Å². The molecule has 94 valence electrons. The van der Waals surface area contributed by atoms with Crippen molar-refractivity contribution in [3.8, 4) is 11.5 Å². The molecule has 0 saturated heterocycles. The molecule has 0 radical (unpaired) electrons. The molecule has 0 saturated carbocycles. The summed E-state index contributed by atoms with van der Waals surface area (Å²) in [5.41, 5.74) is 1.90. The van der Waals surface area contributed by atoms with E-state index >= 15 is 0 Å². The van der Waals surface area contributed by atoms with Gasteiger partial charge in [0.2, 0.25) is 0 Å². The van der Waals surface area contributed by atoms with Crippen molar-refractivity contribution in [2.24, 2.45) is 0 Å². The molecule has 0 aliphatic rings. The van der Waals surface area contributed by atoms with Gasteiger partial charge in [-0.2, -0.15) is 0 Å². The first-order valence-electron chi connectivity index (χ1n) is 5.79. The van der Waals surface area contributed by atoms with E-state index in [1.807, 2.05) is 49.4 Å². The number of benzene rings is 2. The van der Waals surface area contributed by atoms with Gasteiger partial charge in [0.25, 0.3) is 0 Å². The topological polar surface area (TPSA) is 29.5 Å². The van der Waals surface area contributed by atoms with Crippen LogP contribution < -0.4 is 4.74 Å². The van der Waals surface area contributed by atoms with Crippen LogP contribution in [0.2, 0.25) is 0 Å². The van der Waals surface area contributed by atoms with E-state index in [1.54, 1.807) is 6.92 Å². The minimum Gasteiger partial charge on any atom is -0.457 e. The molecular weight excluding hydrogens is 292 g/mol. The number of aryl methyl sites for hydroxylation is 1. The van der Waals surface area contributed by atoms with Gasteiger partial charge in [-0.25, -0.2) is 0 Å². The summed E-state index contributed by atoms with van der Waals surface area (Å²) in [6.07, 6.45) is -0.544. The van der Waals surface area contributed by atoms with E-state index in [-0.39, 0.29) is 0 Å². The number of hydrogen-bond acceptors (Lipinski definition) is 2. The molecule has 2 nitrogen and oxygen atoms in total. The Hall–Kier alpha value is -1.32. The van der Waals surface area contributed by atoms with Gasteiger partial charge in [0.05, 0.1) is 6.10 Å². The van der Waals surface area contributed by atoms with Crippen molar-refractivity contribution in [1.82, 2.24) is 0 Å². The van der Waals surface area contributed by atoms with Gasteiger partial charge in [-0.15, -0.1) is 0 Å². The van der Waals surface area contributed by atoms with Crippen molar-refractivity contribution in [1.29, 1.82) is 0 Å². The number of ether oxygens (including phenoxy) is 1. The molecule has 0 aliphatic carbocycles. The Morgan fingerprint density at radius 3 is 2.56 bits per heavy atom. The lowest BCUT2D eigenvalue weighted by atomic mass is 10.1. The number of para-hydroxylation sites is 1. The molecule has 18 heavy (non-hydrogen) atoms. The molecule has 0 amide bonds. The van der Waals surface area contributed by atoms with Crippen LogP contribution in [-0.4, -0.2) is 5.11 Å². The fourth-order valence-electron chi connectivity index (χ4n) is 1.73. The van der Waals surface area contributed by atoms with E-state index in [4.69, 9.17) is 4.74 Å². The third-order valence-corrected chi connectivity index (χ3v) is 3.62. The molecular formula is C15H15BrO2. The van der Waals surface area contributed by atoms with Crippen LogP contribution in [0.3, 0.4) is 0 Å². The monoisotopic (exact) mass is 306 g/mol. The summed E-state index contributed by atoms with van der Waals surface area (Å²) in [5, 5.41) is 9.69. The van der Waals surface area contributed by atoms with E-state index < -0.39 is 6.10 Å². The number of rotatable bonds is 3. The van der Waals surface area contributed by atoms with Crippen LogP contribution >= 0.6 is 15.9 Å². The first-order chi connectivity index (χ1) is 8.58. The molecule has 1 atom stereocenters. The van der Waals surface area contributed by atoms with E-state index in [1.165, 1.54) is 0 Å². The molecule has 2 aromatic rings. The standard InChI is InChI=1S/C15H15BrO2/c1-10-9-12(7-8-14(10)16)18-15-6-4-3-5-13(15)11(2)17/h3-9,11,17H,1-2H3. The molecule has 3 heteroatoms. The zero-order valence-corrected chi connectivity index (χ0v) is 11.9. The lowest BCUT2D eigenvalue weighted by Crippen LogP contribution is -1.95. The predicted molar refractivity (Wildman–Crippen MR) is 76.0 cm³/mol. The normalized spacial score (nSPS) is 12.2. The molecule has 2 aromatic carbocycles. The number of aliphatic hydroxyl groups is 1. The molecule has 1 unspecified atom stereocenters. The largest absolute Gasteiger partial charge is 0.457 e. The Balaban J connectivity index is 2.31. The molecule has 0 aliphatic heterocycles. The van der Waals surface area contributed by atoms with Crippen LogP contribution in [0, 0.1) is 6.92 Å². The van der Waals surface area contributed by atoms with Gasteiger partial charge in [0.15, 0.2) is 0 Å². The summed E-state index contributed by atoms with van der Waals surface area (Å²) in [6, 6.07) is 13.3. The summed E-state index contributed by atoms with van der Waals surface area (Å²) in [6.45, 7) is 3.74. The average molecular weight is 307 g/mol. The van der Waals surface area contributed by atoms with Crippen molar-refractivity contribution in [3.63, 3.8) is 0 Å². The highest BCUT2D eigenvalue weighted by molar-refractivity contribution is 9.10. The van der Waals surface area contributed by atoms with Gasteiger partial charge in [0, 0.05) is 10.0 Å². The summed E-state index contributed by atoms with van der Waals surface area (Å²) in [5.74, 6) is 1.46. The van der Waals surface area contributed by atoms with Gasteiger partial charge in [-0.05, 0) is 43.7 Å². The van der Waals surface area contributed by atoms with E-state index in [9.17, 15) is 5.11 Å². The van der Waals surface area contributed by atoms with Gasteiger partial charge in [-0.3, -0.25) is 0 Å². The van der Waals surface area contributed by atoms with Crippen molar-refractivity contribution < 1.29 is 9.84 Å². The predicted octanol–water partition coefficient (Wildman–Crippen LogP) is 4.60. The van der Waals surface area contributed by atoms with E-state index in [2.05, 4.69) is 15.9 Å². The van der Waals surface area contributed by atoms with Crippen LogP contribution in [0.4, 0.5) is 0 Å². The quantitative estimate of drug-likeness (QED) is 0.897. The van der Waals surface area contributed by atoms with Gasteiger partial charge in [0.1, 0.15) is 11.5 Å². The third kappa shape index (κ3) is 2.92. The van der Waals surface area contributed by atoms with Gasteiger partial charge < -0.3 is 9.84 Å². The highest BCUT2D eigenvalue weighted by atomic mass is 79.9. The average Bonchev–Trinajstić information content (AvgIpc) is 2.34. The number of hydrogen-bond donors (Lipinski definition) is 1. The summed E-state index contributed by atoms with van der Waals surface area (Å²) >= 11 is 3.46. The zero-order chi connectivity index (χ0) is 13.1. The smallest absolute Gasteiger partial charge is 0.133 e.